The lowest BCUT2D eigenvalue weighted by Gasteiger charge is -2.17. The highest BCUT2D eigenvalue weighted by Gasteiger charge is 2.11. The summed E-state index contributed by atoms with van der Waals surface area (Å²) in [7, 11) is 0. The average Bonchev–Trinajstić information content (AvgIpc) is 1.90. The molecule has 0 aromatic rings. The third-order valence-electron chi connectivity index (χ3n) is 1.47. The molecule has 0 amide bonds. The first-order valence-corrected chi connectivity index (χ1v) is 4.97. The van der Waals surface area contributed by atoms with Crippen LogP contribution in [0.25, 0.3) is 0 Å². The number of nitrogens with two attached hydrogens (primary N) is 1. The molecule has 0 aromatic heterocycles. The summed E-state index contributed by atoms with van der Waals surface area (Å²) in [5.74, 6) is 0.573. The zero-order valence-electron chi connectivity index (χ0n) is 6.00. The Balaban J connectivity index is 3.50. The molecule has 0 bridgehead atoms. The Hall–Kier alpha value is 0.660. The van der Waals surface area contributed by atoms with Gasteiger partial charge in [-0.15, -0.1) is 0 Å². The van der Waals surface area contributed by atoms with Gasteiger partial charge in [-0.1, -0.05) is 13.3 Å². The monoisotopic (exact) mass is 165 g/mol. The van der Waals surface area contributed by atoms with Gasteiger partial charge in [0.25, 0.3) is 0 Å². The Bertz CT molecular complexity index is 64.1. The summed E-state index contributed by atoms with van der Waals surface area (Å²) in [5.41, 5.74) is 5.50. The lowest BCUT2D eigenvalue weighted by Crippen LogP contribution is -2.20. The molecular weight excluding hydrogens is 150 g/mol. The van der Waals surface area contributed by atoms with Gasteiger partial charge in [0.2, 0.25) is 0 Å². The molecule has 0 fully saturated rings. The number of hydrogen-bond donors (Lipinski definition) is 2. The first kappa shape index (κ1) is 9.66. The topological polar surface area (TPSA) is 26.0 Å². The summed E-state index contributed by atoms with van der Waals surface area (Å²) < 4.78 is 0.417. The lowest BCUT2D eigenvalue weighted by atomic mass is 10.1. The molecule has 0 radical (unpaired) electrons. The summed E-state index contributed by atoms with van der Waals surface area (Å²) >= 11 is 6.13. The van der Waals surface area contributed by atoms with E-state index >= 15 is 0 Å². The minimum Gasteiger partial charge on any atom is -0.330 e. The van der Waals surface area contributed by atoms with E-state index in [0.29, 0.717) is 10.5 Å². The van der Waals surface area contributed by atoms with E-state index in [2.05, 4.69) is 25.8 Å². The average molecular weight is 165 g/mol. The first-order valence-electron chi connectivity index (χ1n) is 3.17. The molecule has 0 heterocycles. The number of thiol groups is 1. The molecule has 2 atom stereocenters. The van der Waals surface area contributed by atoms with Crippen molar-refractivity contribution in [2.75, 3.05) is 12.8 Å². The molecule has 0 aromatic carbocycles. The standard InChI is InChI=1S/C6H15NS2/c1-3-5(4-7)6(8)9-2/h5-6,8H,3-4,7H2,1-2H3. The predicted molar refractivity (Wildman–Crippen MR) is 49.1 cm³/mol. The molecule has 56 valence electrons. The van der Waals surface area contributed by atoms with Gasteiger partial charge in [0.1, 0.15) is 0 Å². The van der Waals surface area contributed by atoms with Crippen molar-refractivity contribution in [2.45, 2.75) is 17.9 Å². The fourth-order valence-electron chi connectivity index (χ4n) is 0.677. The molecule has 0 saturated carbocycles. The van der Waals surface area contributed by atoms with Gasteiger partial charge < -0.3 is 5.73 Å². The summed E-state index contributed by atoms with van der Waals surface area (Å²) in [5, 5.41) is 0. The molecule has 2 unspecified atom stereocenters. The van der Waals surface area contributed by atoms with Crippen molar-refractivity contribution in [3.8, 4) is 0 Å². The molecule has 9 heavy (non-hydrogen) atoms. The third-order valence-corrected chi connectivity index (χ3v) is 3.39. The second-order valence-electron chi connectivity index (χ2n) is 2.03. The Morgan fingerprint density at radius 1 is 1.67 bits per heavy atom. The van der Waals surface area contributed by atoms with Crippen LogP contribution < -0.4 is 5.73 Å². The van der Waals surface area contributed by atoms with E-state index in [1.807, 2.05) is 0 Å². The molecule has 3 heteroatoms. The highest BCUT2D eigenvalue weighted by molar-refractivity contribution is 8.09. The van der Waals surface area contributed by atoms with Crippen molar-refractivity contribution in [2.24, 2.45) is 11.7 Å². The normalized spacial score (nSPS) is 17.3. The van der Waals surface area contributed by atoms with Crippen LogP contribution in [0.1, 0.15) is 13.3 Å². The summed E-state index contributed by atoms with van der Waals surface area (Å²) in [6, 6.07) is 0. The zero-order valence-corrected chi connectivity index (χ0v) is 7.71. The second-order valence-corrected chi connectivity index (χ2v) is 3.92. The van der Waals surface area contributed by atoms with Crippen LogP contribution in [0.4, 0.5) is 0 Å². The molecule has 0 aliphatic rings. The summed E-state index contributed by atoms with van der Waals surface area (Å²) in [6.45, 7) is 2.91. The molecule has 2 N–H and O–H groups in total. The van der Waals surface area contributed by atoms with E-state index in [0.717, 1.165) is 13.0 Å². The van der Waals surface area contributed by atoms with E-state index in [1.165, 1.54) is 0 Å². The number of hydrogen-bond acceptors (Lipinski definition) is 3. The van der Waals surface area contributed by atoms with Crippen molar-refractivity contribution in [3.05, 3.63) is 0 Å². The van der Waals surface area contributed by atoms with Gasteiger partial charge in [-0.05, 0) is 18.7 Å². The number of thioether (sulfide) groups is 1. The zero-order chi connectivity index (χ0) is 7.28. The third kappa shape index (κ3) is 3.38. The van der Waals surface area contributed by atoms with Crippen molar-refractivity contribution >= 4 is 24.4 Å². The molecule has 0 aliphatic carbocycles. The molecule has 1 nitrogen and oxygen atoms in total. The van der Waals surface area contributed by atoms with Crippen LogP contribution in [-0.4, -0.2) is 17.4 Å². The fourth-order valence-corrected chi connectivity index (χ4v) is 1.70. The highest BCUT2D eigenvalue weighted by atomic mass is 32.2. The molecular formula is C6H15NS2. The number of rotatable bonds is 4. The maximum absolute atomic E-state index is 5.50. The predicted octanol–water partition coefficient (Wildman–Crippen LogP) is 1.59. The van der Waals surface area contributed by atoms with E-state index in [9.17, 15) is 0 Å². The lowest BCUT2D eigenvalue weighted by molar-refractivity contribution is 0.568. The summed E-state index contributed by atoms with van der Waals surface area (Å²) in [4.78, 5) is 0. The van der Waals surface area contributed by atoms with Crippen LogP contribution >= 0.6 is 24.4 Å². The van der Waals surface area contributed by atoms with Gasteiger partial charge in [0, 0.05) is 0 Å². The van der Waals surface area contributed by atoms with Gasteiger partial charge >= 0.3 is 0 Å². The van der Waals surface area contributed by atoms with Crippen molar-refractivity contribution in [3.63, 3.8) is 0 Å². The SMILES string of the molecule is CCC(CN)C(S)SC. The molecule has 0 saturated heterocycles. The van der Waals surface area contributed by atoms with E-state index in [1.54, 1.807) is 11.8 Å². The van der Waals surface area contributed by atoms with Gasteiger partial charge in [0.15, 0.2) is 0 Å². The highest BCUT2D eigenvalue weighted by Crippen LogP contribution is 2.22. The Morgan fingerprint density at radius 3 is 2.33 bits per heavy atom. The van der Waals surface area contributed by atoms with Gasteiger partial charge in [-0.25, -0.2) is 0 Å². The fraction of sp³-hybridized carbons (Fsp3) is 1.00. The molecule has 0 aliphatic heterocycles. The maximum atomic E-state index is 5.50. The minimum atomic E-state index is 0.417. The van der Waals surface area contributed by atoms with Crippen LogP contribution in [0.3, 0.4) is 0 Å². The van der Waals surface area contributed by atoms with E-state index in [-0.39, 0.29) is 0 Å². The van der Waals surface area contributed by atoms with Gasteiger partial charge in [-0.2, -0.15) is 24.4 Å². The smallest absolute Gasteiger partial charge is 0.0509 e. The van der Waals surface area contributed by atoms with Crippen molar-refractivity contribution in [1.29, 1.82) is 0 Å². The molecule has 0 rings (SSSR count). The Labute approximate surface area is 67.2 Å². The first-order chi connectivity index (χ1) is 4.26. The van der Waals surface area contributed by atoms with Gasteiger partial charge in [0.05, 0.1) is 4.58 Å². The van der Waals surface area contributed by atoms with Crippen LogP contribution in [0, 0.1) is 5.92 Å². The Morgan fingerprint density at radius 2 is 2.22 bits per heavy atom. The molecule has 0 spiro atoms. The van der Waals surface area contributed by atoms with Crippen LogP contribution in [0.5, 0.6) is 0 Å². The van der Waals surface area contributed by atoms with Crippen LogP contribution in [-0.2, 0) is 0 Å². The quantitative estimate of drug-likeness (QED) is 0.489. The minimum absolute atomic E-state index is 0.417. The largest absolute Gasteiger partial charge is 0.330 e. The van der Waals surface area contributed by atoms with Gasteiger partial charge in [-0.3, -0.25) is 0 Å². The maximum Gasteiger partial charge on any atom is 0.0509 e. The second kappa shape index (κ2) is 5.45. The van der Waals surface area contributed by atoms with Crippen molar-refractivity contribution in [1.82, 2.24) is 0 Å². The summed E-state index contributed by atoms with van der Waals surface area (Å²) in [6.07, 6.45) is 3.20. The van der Waals surface area contributed by atoms with Crippen LogP contribution in [0.15, 0.2) is 0 Å². The van der Waals surface area contributed by atoms with Crippen molar-refractivity contribution < 1.29 is 0 Å². The van der Waals surface area contributed by atoms with Crippen LogP contribution in [0.2, 0.25) is 0 Å². The Kier molecular flexibility index (Phi) is 5.84. The van der Waals surface area contributed by atoms with E-state index < -0.39 is 0 Å². The van der Waals surface area contributed by atoms with E-state index in [4.69, 9.17) is 5.73 Å².